The van der Waals surface area contributed by atoms with E-state index in [9.17, 15) is 9.18 Å². The molecule has 4 aliphatic rings. The van der Waals surface area contributed by atoms with Crippen LogP contribution in [0, 0.1) is 18.8 Å². The van der Waals surface area contributed by atoms with Gasteiger partial charge in [0.25, 0.3) is 5.91 Å². The zero-order valence-corrected chi connectivity index (χ0v) is 15.7. The quantitative estimate of drug-likeness (QED) is 0.746. The maximum atomic E-state index is 13.6. The first-order chi connectivity index (χ1) is 13.0. The average molecular weight is 370 g/mol. The van der Waals surface area contributed by atoms with Crippen LogP contribution in [0.25, 0.3) is 0 Å². The maximum Gasteiger partial charge on any atom is 0.289 e. The number of aryl methyl sites for hydroxylation is 2. The number of anilines is 1. The Morgan fingerprint density at radius 3 is 2.37 bits per heavy atom. The van der Waals surface area contributed by atoms with Gasteiger partial charge < -0.3 is 9.80 Å². The van der Waals surface area contributed by atoms with Gasteiger partial charge in [0.15, 0.2) is 0 Å². The SMILES string of the molecule is CC1=NC(N2CC3CN(c4nc(C)nc5c4CCC5)CC3C2)=NC(=O)C1F. The second-order valence-electron chi connectivity index (χ2n) is 8.07. The number of hydrogen-bond donors (Lipinski definition) is 0. The Morgan fingerprint density at radius 1 is 0.963 bits per heavy atom. The lowest BCUT2D eigenvalue weighted by Gasteiger charge is -2.25. The summed E-state index contributed by atoms with van der Waals surface area (Å²) in [7, 11) is 0. The number of carbonyl (C=O) groups is 1. The van der Waals surface area contributed by atoms with Crippen molar-refractivity contribution in [1.82, 2.24) is 14.9 Å². The number of carbonyl (C=O) groups excluding carboxylic acids is 1. The Kier molecular flexibility index (Phi) is 3.77. The van der Waals surface area contributed by atoms with Gasteiger partial charge >= 0.3 is 0 Å². The van der Waals surface area contributed by atoms with Crippen molar-refractivity contribution in [2.45, 2.75) is 39.3 Å². The monoisotopic (exact) mass is 370 g/mol. The summed E-state index contributed by atoms with van der Waals surface area (Å²) in [5.74, 6) is 2.58. The van der Waals surface area contributed by atoms with Crippen molar-refractivity contribution in [3.63, 3.8) is 0 Å². The highest BCUT2D eigenvalue weighted by molar-refractivity contribution is 6.16. The first-order valence-electron chi connectivity index (χ1n) is 9.67. The summed E-state index contributed by atoms with van der Waals surface area (Å²) in [5.41, 5.74) is 2.75. The minimum Gasteiger partial charge on any atom is -0.356 e. The number of aromatic nitrogens is 2. The highest BCUT2D eigenvalue weighted by Crippen LogP contribution is 2.37. The maximum absolute atomic E-state index is 13.6. The van der Waals surface area contributed by atoms with Crippen LogP contribution in [0.1, 0.15) is 30.4 Å². The molecule has 3 atom stereocenters. The van der Waals surface area contributed by atoms with Crippen LogP contribution in [-0.4, -0.2) is 64.8 Å². The molecule has 1 aliphatic carbocycles. The molecule has 8 heteroatoms. The van der Waals surface area contributed by atoms with Crippen LogP contribution in [0.3, 0.4) is 0 Å². The number of guanidine groups is 1. The van der Waals surface area contributed by atoms with E-state index >= 15 is 0 Å². The predicted molar refractivity (Wildman–Crippen MR) is 100 cm³/mol. The van der Waals surface area contributed by atoms with Gasteiger partial charge in [0, 0.05) is 49.3 Å². The van der Waals surface area contributed by atoms with Crippen LogP contribution in [0.15, 0.2) is 9.98 Å². The second-order valence-corrected chi connectivity index (χ2v) is 8.07. The van der Waals surface area contributed by atoms with Gasteiger partial charge in [0.2, 0.25) is 12.1 Å². The fraction of sp³-hybridized carbons (Fsp3) is 0.632. The fourth-order valence-electron chi connectivity index (χ4n) is 4.84. The molecule has 2 fully saturated rings. The number of fused-ring (bicyclic) bond motifs is 2. The molecule has 142 valence electrons. The van der Waals surface area contributed by atoms with E-state index in [-0.39, 0.29) is 5.71 Å². The van der Waals surface area contributed by atoms with Gasteiger partial charge in [-0.3, -0.25) is 4.79 Å². The lowest BCUT2D eigenvalue weighted by molar-refractivity contribution is -0.120. The van der Waals surface area contributed by atoms with Crippen LogP contribution in [-0.2, 0) is 17.6 Å². The molecule has 0 aromatic carbocycles. The molecular formula is C19H23FN6O. The van der Waals surface area contributed by atoms with Gasteiger partial charge in [-0.25, -0.2) is 19.4 Å². The largest absolute Gasteiger partial charge is 0.356 e. The normalized spacial score (nSPS) is 29.7. The van der Waals surface area contributed by atoms with E-state index in [1.165, 1.54) is 11.3 Å². The molecule has 3 aliphatic heterocycles. The summed E-state index contributed by atoms with van der Waals surface area (Å²) in [5, 5.41) is 0. The number of amides is 1. The van der Waals surface area contributed by atoms with E-state index in [1.54, 1.807) is 6.92 Å². The molecule has 0 spiro atoms. The van der Waals surface area contributed by atoms with Crippen LogP contribution in [0.2, 0.25) is 0 Å². The number of likely N-dealkylation sites (tertiary alicyclic amines) is 1. The minimum atomic E-state index is -1.69. The zero-order valence-electron chi connectivity index (χ0n) is 15.7. The summed E-state index contributed by atoms with van der Waals surface area (Å²) in [4.78, 5) is 33.6. The average Bonchev–Trinajstić information content (AvgIpc) is 3.32. The van der Waals surface area contributed by atoms with Crippen molar-refractivity contribution in [1.29, 1.82) is 0 Å². The first-order valence-corrected chi connectivity index (χ1v) is 9.67. The Balaban J connectivity index is 1.33. The molecule has 2 saturated heterocycles. The van der Waals surface area contributed by atoms with Crippen LogP contribution in [0.5, 0.6) is 0 Å². The van der Waals surface area contributed by atoms with Gasteiger partial charge in [-0.1, -0.05) is 0 Å². The van der Waals surface area contributed by atoms with E-state index in [0.29, 0.717) is 17.8 Å². The van der Waals surface area contributed by atoms with Crippen LogP contribution in [0.4, 0.5) is 10.2 Å². The molecule has 0 bridgehead atoms. The highest BCUT2D eigenvalue weighted by Gasteiger charge is 2.43. The number of rotatable bonds is 1. The van der Waals surface area contributed by atoms with E-state index in [2.05, 4.69) is 19.9 Å². The number of nitrogens with zero attached hydrogens (tertiary/aromatic N) is 6. The third-order valence-electron chi connectivity index (χ3n) is 6.16. The lowest BCUT2D eigenvalue weighted by Crippen LogP contribution is -2.38. The van der Waals surface area contributed by atoms with Gasteiger partial charge in [-0.15, -0.1) is 0 Å². The van der Waals surface area contributed by atoms with Crippen molar-refractivity contribution >= 4 is 23.4 Å². The number of aliphatic imine (C=N–C) groups is 2. The highest BCUT2D eigenvalue weighted by atomic mass is 19.1. The summed E-state index contributed by atoms with van der Waals surface area (Å²) < 4.78 is 13.6. The summed E-state index contributed by atoms with van der Waals surface area (Å²) in [6.07, 6.45) is 1.60. The molecular weight excluding hydrogens is 347 g/mol. The molecule has 27 heavy (non-hydrogen) atoms. The van der Waals surface area contributed by atoms with Crippen LogP contribution < -0.4 is 4.90 Å². The Bertz CT molecular complexity index is 867. The summed E-state index contributed by atoms with van der Waals surface area (Å²) in [6, 6.07) is 0. The minimum absolute atomic E-state index is 0.204. The Hall–Kier alpha value is -2.38. The molecule has 7 nitrogen and oxygen atoms in total. The zero-order chi connectivity index (χ0) is 18.7. The van der Waals surface area contributed by atoms with Crippen molar-refractivity contribution < 1.29 is 9.18 Å². The number of hydrogen-bond acceptors (Lipinski definition) is 6. The van der Waals surface area contributed by atoms with Crippen LogP contribution >= 0.6 is 0 Å². The van der Waals surface area contributed by atoms with E-state index in [4.69, 9.17) is 4.98 Å². The van der Waals surface area contributed by atoms with Gasteiger partial charge in [-0.2, -0.15) is 4.99 Å². The van der Waals surface area contributed by atoms with Crippen molar-refractivity contribution in [2.24, 2.45) is 21.8 Å². The fourth-order valence-corrected chi connectivity index (χ4v) is 4.84. The standard InChI is InChI=1S/C19H23FN6O/c1-10-16(20)18(27)24-19(21-10)26-8-12-6-25(7-13(12)9-26)17-14-4-3-5-15(14)22-11(2)23-17/h12-13,16H,3-9H2,1-2H3. The van der Waals surface area contributed by atoms with Crippen molar-refractivity contribution in [3.8, 4) is 0 Å². The second kappa shape index (κ2) is 6.07. The summed E-state index contributed by atoms with van der Waals surface area (Å²) in [6.45, 7) is 7.01. The van der Waals surface area contributed by atoms with E-state index in [1.807, 2.05) is 11.8 Å². The predicted octanol–water partition coefficient (Wildman–Crippen LogP) is 1.34. The summed E-state index contributed by atoms with van der Waals surface area (Å²) >= 11 is 0. The van der Waals surface area contributed by atoms with E-state index < -0.39 is 12.1 Å². The van der Waals surface area contributed by atoms with Crippen molar-refractivity contribution in [2.75, 3.05) is 31.1 Å². The molecule has 0 N–H and O–H groups in total. The smallest absolute Gasteiger partial charge is 0.289 e. The van der Waals surface area contributed by atoms with Gasteiger partial charge in [0.05, 0.1) is 5.71 Å². The molecule has 1 aromatic heterocycles. The van der Waals surface area contributed by atoms with Gasteiger partial charge in [0.1, 0.15) is 11.6 Å². The molecule has 3 unspecified atom stereocenters. The molecule has 0 radical (unpaired) electrons. The number of halogens is 1. The van der Waals surface area contributed by atoms with Crippen molar-refractivity contribution in [3.05, 3.63) is 17.1 Å². The lowest BCUT2D eigenvalue weighted by atomic mass is 10.0. The van der Waals surface area contributed by atoms with Gasteiger partial charge in [-0.05, 0) is 33.1 Å². The molecule has 1 aromatic rings. The Labute approximate surface area is 157 Å². The topological polar surface area (TPSA) is 74.1 Å². The Morgan fingerprint density at radius 2 is 1.67 bits per heavy atom. The molecule has 4 heterocycles. The van der Waals surface area contributed by atoms with E-state index in [0.717, 1.165) is 57.1 Å². The first kappa shape index (κ1) is 16.8. The third kappa shape index (κ3) is 2.73. The number of alkyl halides is 1. The third-order valence-corrected chi connectivity index (χ3v) is 6.16. The molecule has 1 amide bonds. The molecule has 0 saturated carbocycles. The molecule has 5 rings (SSSR count).